The summed E-state index contributed by atoms with van der Waals surface area (Å²) in [5.41, 5.74) is 0.629. The van der Waals surface area contributed by atoms with E-state index in [0.717, 1.165) is 15.4 Å². The number of nitrogens with one attached hydrogen (secondary N) is 1. The molecular formula is C12H11Br2NO. The van der Waals surface area contributed by atoms with Crippen LogP contribution < -0.4 is 5.32 Å². The van der Waals surface area contributed by atoms with Crippen LogP contribution >= 0.6 is 31.9 Å². The number of terminal acetylenes is 1. The fraction of sp³-hybridized carbons (Fsp3) is 0.250. The number of unbranched alkanes of at least 4 members (excludes halogenated alkanes) is 1. The summed E-state index contributed by atoms with van der Waals surface area (Å²) in [5, 5.41) is 2.81. The summed E-state index contributed by atoms with van der Waals surface area (Å²) < 4.78 is 1.71. The van der Waals surface area contributed by atoms with Crippen LogP contribution in [0.3, 0.4) is 0 Å². The molecule has 1 amide bonds. The average molecular weight is 345 g/mol. The molecule has 0 bridgehead atoms. The molecule has 1 N–H and O–H groups in total. The summed E-state index contributed by atoms with van der Waals surface area (Å²) >= 11 is 6.68. The zero-order valence-electron chi connectivity index (χ0n) is 8.59. The molecule has 0 fully saturated rings. The predicted octanol–water partition coefficient (Wildman–Crippen LogP) is 3.35. The third-order valence-corrected chi connectivity index (χ3v) is 3.11. The molecule has 1 aromatic carbocycles. The minimum absolute atomic E-state index is 0.0867. The van der Waals surface area contributed by atoms with Gasteiger partial charge in [-0.15, -0.1) is 12.3 Å². The summed E-state index contributed by atoms with van der Waals surface area (Å²) in [6.45, 7) is 0.603. The Labute approximate surface area is 112 Å². The minimum Gasteiger partial charge on any atom is -0.352 e. The van der Waals surface area contributed by atoms with E-state index in [1.807, 2.05) is 12.1 Å². The Morgan fingerprint density at radius 2 is 2.19 bits per heavy atom. The Hall–Kier alpha value is -0.790. The first-order valence-electron chi connectivity index (χ1n) is 4.82. The fourth-order valence-electron chi connectivity index (χ4n) is 1.16. The lowest BCUT2D eigenvalue weighted by Gasteiger charge is -2.06. The van der Waals surface area contributed by atoms with Gasteiger partial charge in [-0.3, -0.25) is 4.79 Å². The van der Waals surface area contributed by atoms with Crippen molar-refractivity contribution in [2.24, 2.45) is 0 Å². The van der Waals surface area contributed by atoms with Crippen LogP contribution in [-0.4, -0.2) is 12.5 Å². The van der Waals surface area contributed by atoms with Crippen LogP contribution in [0.1, 0.15) is 23.2 Å². The van der Waals surface area contributed by atoms with Crippen LogP contribution in [-0.2, 0) is 0 Å². The molecule has 16 heavy (non-hydrogen) atoms. The highest BCUT2D eigenvalue weighted by Gasteiger charge is 2.08. The second kappa shape index (κ2) is 6.72. The number of amides is 1. The van der Waals surface area contributed by atoms with Gasteiger partial charge < -0.3 is 5.32 Å². The zero-order valence-corrected chi connectivity index (χ0v) is 11.8. The van der Waals surface area contributed by atoms with Crippen molar-refractivity contribution in [2.75, 3.05) is 6.54 Å². The molecule has 0 atom stereocenters. The Balaban J connectivity index is 2.57. The van der Waals surface area contributed by atoms with Crippen LogP contribution in [0.2, 0.25) is 0 Å². The highest BCUT2D eigenvalue weighted by molar-refractivity contribution is 9.11. The van der Waals surface area contributed by atoms with Crippen molar-refractivity contribution < 1.29 is 4.79 Å². The van der Waals surface area contributed by atoms with Crippen molar-refractivity contribution in [1.29, 1.82) is 0 Å². The summed E-state index contributed by atoms with van der Waals surface area (Å²) in [6.07, 6.45) is 6.61. The van der Waals surface area contributed by atoms with Gasteiger partial charge in [0, 0.05) is 21.9 Å². The van der Waals surface area contributed by atoms with Crippen molar-refractivity contribution in [3.63, 3.8) is 0 Å². The van der Waals surface area contributed by atoms with Crippen LogP contribution in [0.25, 0.3) is 0 Å². The molecule has 0 aliphatic rings. The number of carbonyl (C=O) groups is 1. The zero-order chi connectivity index (χ0) is 12.0. The maximum atomic E-state index is 11.7. The van der Waals surface area contributed by atoms with Gasteiger partial charge in [0.05, 0.1) is 5.56 Å². The molecule has 0 spiro atoms. The molecular weight excluding hydrogens is 334 g/mol. The molecule has 0 radical (unpaired) electrons. The van der Waals surface area contributed by atoms with Crippen molar-refractivity contribution in [1.82, 2.24) is 5.32 Å². The SMILES string of the molecule is C#CCCCNC(=O)c1ccc(Br)cc1Br. The lowest BCUT2D eigenvalue weighted by molar-refractivity contribution is 0.0952. The van der Waals surface area contributed by atoms with Crippen molar-refractivity contribution in [3.8, 4) is 12.3 Å². The predicted molar refractivity (Wildman–Crippen MR) is 72.2 cm³/mol. The van der Waals surface area contributed by atoms with E-state index in [1.54, 1.807) is 6.07 Å². The van der Waals surface area contributed by atoms with Gasteiger partial charge in [0.25, 0.3) is 5.91 Å². The second-order valence-electron chi connectivity index (χ2n) is 3.19. The first-order chi connectivity index (χ1) is 7.65. The molecule has 0 aliphatic carbocycles. The van der Waals surface area contributed by atoms with E-state index in [1.165, 1.54) is 0 Å². The molecule has 0 aliphatic heterocycles. The van der Waals surface area contributed by atoms with Crippen LogP contribution in [0.4, 0.5) is 0 Å². The standard InChI is InChI=1S/C12H11Br2NO/c1-2-3-4-7-15-12(16)10-6-5-9(13)8-11(10)14/h1,5-6,8H,3-4,7H2,(H,15,16). The van der Waals surface area contributed by atoms with Crippen LogP contribution in [0.5, 0.6) is 0 Å². The largest absolute Gasteiger partial charge is 0.352 e. The van der Waals surface area contributed by atoms with Crippen molar-refractivity contribution >= 4 is 37.8 Å². The second-order valence-corrected chi connectivity index (χ2v) is 4.96. The molecule has 0 heterocycles. The molecule has 0 saturated heterocycles. The molecule has 0 aromatic heterocycles. The van der Waals surface area contributed by atoms with Gasteiger partial charge in [-0.25, -0.2) is 0 Å². The number of hydrogen-bond acceptors (Lipinski definition) is 1. The van der Waals surface area contributed by atoms with Gasteiger partial charge in [-0.1, -0.05) is 15.9 Å². The maximum Gasteiger partial charge on any atom is 0.252 e. The first kappa shape index (κ1) is 13.3. The quantitative estimate of drug-likeness (QED) is 0.658. The summed E-state index contributed by atoms with van der Waals surface area (Å²) in [4.78, 5) is 11.7. The molecule has 2 nitrogen and oxygen atoms in total. The average Bonchev–Trinajstić information content (AvgIpc) is 2.24. The Bertz CT molecular complexity index is 424. The topological polar surface area (TPSA) is 29.1 Å². The Morgan fingerprint density at radius 3 is 2.81 bits per heavy atom. The summed E-state index contributed by atoms with van der Waals surface area (Å²) in [6, 6.07) is 5.45. The van der Waals surface area contributed by atoms with Gasteiger partial charge in [0.2, 0.25) is 0 Å². The van der Waals surface area contributed by atoms with Crippen molar-refractivity contribution in [2.45, 2.75) is 12.8 Å². The third-order valence-electron chi connectivity index (χ3n) is 1.96. The smallest absolute Gasteiger partial charge is 0.252 e. The van der Waals surface area contributed by atoms with Gasteiger partial charge in [-0.2, -0.15) is 0 Å². The number of rotatable bonds is 4. The normalized spacial score (nSPS) is 9.56. The highest BCUT2D eigenvalue weighted by atomic mass is 79.9. The summed E-state index contributed by atoms with van der Waals surface area (Å²) in [5.74, 6) is 2.45. The molecule has 84 valence electrons. The number of carbonyl (C=O) groups excluding carboxylic acids is 1. The molecule has 1 aromatic rings. The number of hydrogen-bond donors (Lipinski definition) is 1. The van der Waals surface area contributed by atoms with Gasteiger partial charge in [-0.05, 0) is 40.5 Å². The highest BCUT2D eigenvalue weighted by Crippen LogP contribution is 2.21. The molecule has 4 heteroatoms. The van der Waals surface area contributed by atoms with E-state index < -0.39 is 0 Å². The van der Waals surface area contributed by atoms with Gasteiger partial charge in [0.15, 0.2) is 0 Å². The van der Waals surface area contributed by atoms with Crippen molar-refractivity contribution in [3.05, 3.63) is 32.7 Å². The minimum atomic E-state index is -0.0867. The van der Waals surface area contributed by atoms with Crippen LogP contribution in [0.15, 0.2) is 27.1 Å². The van der Waals surface area contributed by atoms with E-state index in [9.17, 15) is 4.79 Å². The third kappa shape index (κ3) is 3.99. The van der Waals surface area contributed by atoms with E-state index in [0.29, 0.717) is 18.5 Å². The van der Waals surface area contributed by atoms with E-state index in [2.05, 4.69) is 43.1 Å². The van der Waals surface area contributed by atoms with E-state index in [4.69, 9.17) is 6.42 Å². The van der Waals surface area contributed by atoms with Gasteiger partial charge >= 0.3 is 0 Å². The molecule has 1 rings (SSSR count). The fourth-order valence-corrected chi connectivity index (χ4v) is 2.39. The lowest BCUT2D eigenvalue weighted by Crippen LogP contribution is -2.24. The van der Waals surface area contributed by atoms with Gasteiger partial charge in [0.1, 0.15) is 0 Å². The lowest BCUT2D eigenvalue weighted by atomic mass is 10.2. The Kier molecular flexibility index (Phi) is 5.58. The molecule has 0 unspecified atom stereocenters. The molecule has 0 saturated carbocycles. The van der Waals surface area contributed by atoms with E-state index >= 15 is 0 Å². The number of benzene rings is 1. The maximum absolute atomic E-state index is 11.7. The van der Waals surface area contributed by atoms with Crippen LogP contribution in [0, 0.1) is 12.3 Å². The summed E-state index contributed by atoms with van der Waals surface area (Å²) in [7, 11) is 0. The monoisotopic (exact) mass is 343 g/mol. The number of halogens is 2. The first-order valence-corrected chi connectivity index (χ1v) is 6.40. The van der Waals surface area contributed by atoms with E-state index in [-0.39, 0.29) is 5.91 Å². The Morgan fingerprint density at radius 1 is 1.44 bits per heavy atom.